The van der Waals surface area contributed by atoms with Crippen LogP contribution in [0.3, 0.4) is 0 Å². The van der Waals surface area contributed by atoms with E-state index in [1.54, 1.807) is 41.5 Å². The van der Waals surface area contributed by atoms with Gasteiger partial charge in [0.15, 0.2) is 11.4 Å². The molecule has 49 heavy (non-hydrogen) atoms. The molecule has 5 heterocycles. The number of carbonyl (C=O) groups is 3. The maximum Gasteiger partial charge on any atom is 0.534 e. The van der Waals surface area contributed by atoms with Crippen LogP contribution >= 0.6 is 0 Å². The number of benzene rings is 1. The lowest BCUT2D eigenvalue weighted by Crippen LogP contribution is -2.54. The van der Waals surface area contributed by atoms with E-state index in [1.165, 1.54) is 12.1 Å². The molecular formula is C29H31F3N8O8S. The monoisotopic (exact) mass is 708 g/mol. The molecule has 0 radical (unpaired) electrons. The van der Waals surface area contributed by atoms with Crippen LogP contribution in [-0.4, -0.2) is 90.4 Å². The number of alkyl halides is 3. The molecule has 1 aromatic carbocycles. The molecule has 262 valence electrons. The predicted octanol–water partition coefficient (Wildman–Crippen LogP) is 4.65. The summed E-state index contributed by atoms with van der Waals surface area (Å²) in [6.07, 6.45) is 0.580. The number of hydrogen-bond acceptors (Lipinski definition) is 13. The van der Waals surface area contributed by atoms with Gasteiger partial charge in [0.05, 0.1) is 5.52 Å². The van der Waals surface area contributed by atoms with Crippen LogP contribution in [0.2, 0.25) is 0 Å². The molecule has 6 rings (SSSR count). The molecule has 0 bridgehead atoms. The van der Waals surface area contributed by atoms with E-state index in [0.717, 1.165) is 26.7 Å². The van der Waals surface area contributed by atoms with Crippen molar-refractivity contribution in [2.24, 2.45) is 0 Å². The molecule has 1 fully saturated rings. The number of halogens is 3. The Morgan fingerprint density at radius 3 is 2.16 bits per heavy atom. The number of rotatable bonds is 3. The lowest BCUT2D eigenvalue weighted by atomic mass is 9.87. The molecule has 0 saturated carbocycles. The average molecular weight is 709 g/mol. The van der Waals surface area contributed by atoms with Crippen LogP contribution in [-0.2, 0) is 25.1 Å². The Balaban J connectivity index is 1.59. The Morgan fingerprint density at radius 2 is 1.55 bits per heavy atom. The topological polar surface area (TPSA) is 190 Å². The molecule has 3 aromatic heterocycles. The van der Waals surface area contributed by atoms with Crippen molar-refractivity contribution in [3.8, 4) is 17.0 Å². The van der Waals surface area contributed by atoms with Crippen LogP contribution in [0.4, 0.5) is 27.6 Å². The summed E-state index contributed by atoms with van der Waals surface area (Å²) < 4.78 is 84.0. The van der Waals surface area contributed by atoms with E-state index in [9.17, 15) is 36.0 Å². The number of fused-ring (bicyclic) bond motifs is 5. The molecule has 0 atom stereocenters. The first-order valence-electron chi connectivity index (χ1n) is 14.9. The summed E-state index contributed by atoms with van der Waals surface area (Å²) in [6.45, 7) is 10.5. The highest BCUT2D eigenvalue weighted by Gasteiger charge is 2.57. The van der Waals surface area contributed by atoms with E-state index in [4.69, 9.17) is 13.7 Å². The SMILES string of the molecule is CC(C)(C)OC(=O)N1C(=O)n2c(nc3c(OS(=O)(=O)C(F)(F)F)c(-c4ncnc5c4ncn5C(=O)OC(C)(C)C)ccc32)C12CCNCC2. The number of amides is 2. The Kier molecular flexibility index (Phi) is 7.70. The fraction of sp³-hybridized carbons (Fsp3) is 0.483. The van der Waals surface area contributed by atoms with Crippen LogP contribution in [0.25, 0.3) is 33.5 Å². The molecule has 2 aliphatic heterocycles. The fourth-order valence-electron chi connectivity index (χ4n) is 5.76. The summed E-state index contributed by atoms with van der Waals surface area (Å²) in [4.78, 5) is 58.2. The summed E-state index contributed by atoms with van der Waals surface area (Å²) in [7, 11) is -6.31. The highest BCUT2D eigenvalue weighted by atomic mass is 32.2. The minimum Gasteiger partial charge on any atom is -0.443 e. The van der Waals surface area contributed by atoms with Crippen LogP contribution in [0.1, 0.15) is 60.2 Å². The van der Waals surface area contributed by atoms with Gasteiger partial charge in [0, 0.05) is 5.56 Å². The highest BCUT2D eigenvalue weighted by molar-refractivity contribution is 7.88. The van der Waals surface area contributed by atoms with Gasteiger partial charge in [-0.3, -0.25) is 0 Å². The van der Waals surface area contributed by atoms with Crippen LogP contribution < -0.4 is 9.50 Å². The highest BCUT2D eigenvalue weighted by Crippen LogP contribution is 2.48. The van der Waals surface area contributed by atoms with E-state index in [1.807, 2.05) is 0 Å². The van der Waals surface area contributed by atoms with Crippen molar-refractivity contribution in [1.29, 1.82) is 0 Å². The van der Waals surface area contributed by atoms with Crippen LogP contribution in [0.5, 0.6) is 5.75 Å². The Hall–Kier alpha value is -4.85. The van der Waals surface area contributed by atoms with Gasteiger partial charge in [-0.1, -0.05) is 0 Å². The number of imide groups is 1. The van der Waals surface area contributed by atoms with Crippen molar-refractivity contribution in [2.45, 2.75) is 76.6 Å². The molecule has 1 saturated heterocycles. The van der Waals surface area contributed by atoms with Crippen molar-refractivity contribution in [3.05, 3.63) is 30.6 Å². The molecule has 16 nitrogen and oxygen atoms in total. The van der Waals surface area contributed by atoms with E-state index in [-0.39, 0.29) is 46.6 Å². The standard InChI is InChI=1S/C29H31F3N8O8S/c1-26(2,3)46-24(42)38-14-36-19-17(34-13-35-21(19)38)15-7-8-16-18(20(15)48-49(44,45)29(30,31)32)37-22-28(9-11-33-12-10-28)40(23(41)39(16)22)25(43)47-27(4,5)6/h7-8,13-14,33H,9-12H2,1-6H3. The van der Waals surface area contributed by atoms with Gasteiger partial charge in [0.2, 0.25) is 0 Å². The molecule has 0 unspecified atom stereocenters. The number of imidazole rings is 2. The summed E-state index contributed by atoms with van der Waals surface area (Å²) in [5.74, 6) is -0.933. The molecule has 2 amide bonds. The second-order valence-corrected chi connectivity index (χ2v) is 15.0. The van der Waals surface area contributed by atoms with Crippen molar-refractivity contribution in [3.63, 3.8) is 0 Å². The number of hydrogen-bond donors (Lipinski definition) is 1. The van der Waals surface area contributed by atoms with Gasteiger partial charge < -0.3 is 19.0 Å². The van der Waals surface area contributed by atoms with Gasteiger partial charge >= 0.3 is 33.8 Å². The number of nitrogens with zero attached hydrogens (tertiary/aromatic N) is 7. The molecule has 0 aliphatic carbocycles. The third kappa shape index (κ3) is 5.71. The van der Waals surface area contributed by atoms with Crippen molar-refractivity contribution >= 4 is 50.5 Å². The summed E-state index contributed by atoms with van der Waals surface area (Å²) in [5, 5.41) is 3.14. The van der Waals surface area contributed by atoms with E-state index in [2.05, 4.69) is 25.3 Å². The second kappa shape index (κ2) is 11.1. The summed E-state index contributed by atoms with van der Waals surface area (Å²) in [6, 6.07) is 1.58. The molecule has 2 aliphatic rings. The lowest BCUT2D eigenvalue weighted by Gasteiger charge is -2.39. The number of piperidine rings is 1. The summed E-state index contributed by atoms with van der Waals surface area (Å²) in [5.41, 5.74) is -10.5. The number of nitrogens with one attached hydrogen (secondary N) is 1. The quantitative estimate of drug-likeness (QED) is 0.229. The molecule has 1 spiro atoms. The largest absolute Gasteiger partial charge is 0.534 e. The minimum atomic E-state index is -6.31. The maximum absolute atomic E-state index is 14.0. The lowest BCUT2D eigenvalue weighted by molar-refractivity contribution is -0.0499. The second-order valence-electron chi connectivity index (χ2n) is 13.4. The first-order chi connectivity index (χ1) is 22.7. The van der Waals surface area contributed by atoms with Crippen molar-refractivity contribution in [2.75, 3.05) is 13.1 Å². The zero-order chi connectivity index (χ0) is 35.9. The number of carbonyl (C=O) groups excluding carboxylic acids is 3. The average Bonchev–Trinajstić information content (AvgIpc) is 3.63. The molecular weight excluding hydrogens is 677 g/mol. The van der Waals surface area contributed by atoms with E-state index in [0.29, 0.717) is 13.1 Å². The predicted molar refractivity (Wildman–Crippen MR) is 164 cm³/mol. The zero-order valence-electron chi connectivity index (χ0n) is 27.1. The van der Waals surface area contributed by atoms with Gasteiger partial charge in [0.1, 0.15) is 51.9 Å². The van der Waals surface area contributed by atoms with Crippen LogP contribution in [0, 0.1) is 0 Å². The molecule has 1 N–H and O–H groups in total. The third-order valence-corrected chi connectivity index (χ3v) is 8.62. The fourth-order valence-corrected chi connectivity index (χ4v) is 6.24. The molecule has 20 heteroatoms. The first kappa shape index (κ1) is 34.0. The Bertz CT molecular complexity index is 2140. The van der Waals surface area contributed by atoms with Crippen molar-refractivity contribution in [1.82, 2.24) is 39.3 Å². The van der Waals surface area contributed by atoms with Gasteiger partial charge in [-0.05, 0) is 79.6 Å². The minimum absolute atomic E-state index is 0.0201. The normalized spacial score (nSPS) is 16.8. The Morgan fingerprint density at radius 1 is 0.918 bits per heavy atom. The van der Waals surface area contributed by atoms with E-state index < -0.39 is 61.9 Å². The van der Waals surface area contributed by atoms with Gasteiger partial charge in [0.25, 0.3) is 0 Å². The van der Waals surface area contributed by atoms with Gasteiger partial charge in [-0.2, -0.15) is 21.6 Å². The first-order valence-corrected chi connectivity index (χ1v) is 16.3. The van der Waals surface area contributed by atoms with Crippen LogP contribution in [0.15, 0.2) is 24.8 Å². The van der Waals surface area contributed by atoms with Gasteiger partial charge in [-0.15, -0.1) is 0 Å². The maximum atomic E-state index is 14.0. The summed E-state index contributed by atoms with van der Waals surface area (Å²) >= 11 is 0. The number of aromatic nitrogens is 6. The Labute approximate surface area is 276 Å². The van der Waals surface area contributed by atoms with Gasteiger partial charge in [-0.25, -0.2) is 48.4 Å². The number of ether oxygens (including phenoxy) is 2. The van der Waals surface area contributed by atoms with E-state index >= 15 is 0 Å². The zero-order valence-corrected chi connectivity index (χ0v) is 27.9. The van der Waals surface area contributed by atoms with Crippen molar-refractivity contribution < 1.29 is 49.6 Å². The third-order valence-electron chi connectivity index (χ3n) is 7.67. The molecule has 4 aromatic rings. The smallest absolute Gasteiger partial charge is 0.443 e.